The number of hydrogen-bond acceptors (Lipinski definition) is 9. The summed E-state index contributed by atoms with van der Waals surface area (Å²) in [5.41, 5.74) is 3.50. The third-order valence-corrected chi connectivity index (χ3v) is 8.25. The molecule has 0 radical (unpaired) electrons. The lowest BCUT2D eigenvalue weighted by atomic mass is 10.1. The van der Waals surface area contributed by atoms with Crippen LogP contribution in [0.1, 0.15) is 27.8 Å². The molecule has 0 saturated carbocycles. The molecule has 220 valence electrons. The highest BCUT2D eigenvalue weighted by molar-refractivity contribution is 7.98. The van der Waals surface area contributed by atoms with E-state index in [1.807, 2.05) is 76.2 Å². The molecule has 0 atom stereocenters. The van der Waals surface area contributed by atoms with E-state index in [1.54, 1.807) is 14.2 Å². The standard InChI is InChI=1S/C32H32N6O4S/c1-40-26-12-8-24(9-13-26)36-16-18-37(19-17-36)31(39)28-21-42-30(33-28)22-43-32-35-34-29(20-23-6-4-3-5-7-23)38(32)25-10-14-27(41-2)15-11-25/h3-15,21H,16-20,22H2,1-2H3. The molecule has 5 aromatic rings. The van der Waals surface area contributed by atoms with E-state index in [0.717, 1.165) is 47.4 Å². The summed E-state index contributed by atoms with van der Waals surface area (Å²) in [4.78, 5) is 21.8. The lowest BCUT2D eigenvalue weighted by Gasteiger charge is -2.35. The normalized spacial score (nSPS) is 13.3. The molecular formula is C32H32N6O4S. The molecule has 1 aliphatic heterocycles. The number of anilines is 1. The Labute approximate surface area is 254 Å². The number of carbonyl (C=O) groups excluding carboxylic acids is 1. The van der Waals surface area contributed by atoms with Gasteiger partial charge in [-0.1, -0.05) is 42.1 Å². The molecular weight excluding hydrogens is 564 g/mol. The monoisotopic (exact) mass is 596 g/mol. The van der Waals surface area contributed by atoms with Crippen molar-refractivity contribution < 1.29 is 18.7 Å². The molecule has 0 aliphatic carbocycles. The Morgan fingerprint density at radius 2 is 1.49 bits per heavy atom. The van der Waals surface area contributed by atoms with E-state index in [-0.39, 0.29) is 5.91 Å². The Hall–Kier alpha value is -4.77. The highest BCUT2D eigenvalue weighted by Crippen LogP contribution is 2.28. The minimum atomic E-state index is -0.124. The van der Waals surface area contributed by atoms with Crippen molar-refractivity contribution in [3.05, 3.63) is 108 Å². The second kappa shape index (κ2) is 13.0. The number of methoxy groups -OCH3 is 2. The summed E-state index contributed by atoms with van der Waals surface area (Å²) >= 11 is 1.46. The van der Waals surface area contributed by atoms with Gasteiger partial charge >= 0.3 is 0 Å². The quantitative estimate of drug-likeness (QED) is 0.204. The molecule has 43 heavy (non-hydrogen) atoms. The van der Waals surface area contributed by atoms with Gasteiger partial charge in [-0.25, -0.2) is 4.98 Å². The molecule has 3 aromatic carbocycles. The number of aromatic nitrogens is 4. The van der Waals surface area contributed by atoms with Crippen LogP contribution in [0.15, 0.2) is 94.7 Å². The first-order valence-corrected chi connectivity index (χ1v) is 15.0. The van der Waals surface area contributed by atoms with Crippen molar-refractivity contribution in [3.8, 4) is 17.2 Å². The second-order valence-corrected chi connectivity index (χ2v) is 10.9. The van der Waals surface area contributed by atoms with Crippen molar-refractivity contribution >= 4 is 23.4 Å². The van der Waals surface area contributed by atoms with Crippen LogP contribution in [0.5, 0.6) is 11.5 Å². The number of nitrogens with zero attached hydrogens (tertiary/aromatic N) is 6. The average Bonchev–Trinajstić information content (AvgIpc) is 3.71. The summed E-state index contributed by atoms with van der Waals surface area (Å²) in [5, 5.41) is 9.71. The summed E-state index contributed by atoms with van der Waals surface area (Å²) in [6.45, 7) is 2.70. The van der Waals surface area contributed by atoms with Gasteiger partial charge in [0.15, 0.2) is 10.9 Å². The van der Waals surface area contributed by atoms with Crippen LogP contribution in [0.3, 0.4) is 0 Å². The molecule has 3 heterocycles. The maximum absolute atomic E-state index is 13.2. The summed E-state index contributed by atoms with van der Waals surface area (Å²) in [6.07, 6.45) is 2.08. The van der Waals surface area contributed by atoms with Crippen LogP contribution >= 0.6 is 11.8 Å². The fourth-order valence-electron chi connectivity index (χ4n) is 5.00. The third kappa shape index (κ3) is 6.51. The fourth-order valence-corrected chi connectivity index (χ4v) is 5.83. The molecule has 1 amide bonds. The van der Waals surface area contributed by atoms with Crippen molar-refractivity contribution in [2.75, 3.05) is 45.3 Å². The summed E-state index contributed by atoms with van der Waals surface area (Å²) in [5.74, 6) is 3.15. The minimum absolute atomic E-state index is 0.124. The summed E-state index contributed by atoms with van der Waals surface area (Å²) in [7, 11) is 3.30. The highest BCUT2D eigenvalue weighted by Gasteiger charge is 2.25. The van der Waals surface area contributed by atoms with Crippen molar-refractivity contribution in [1.82, 2.24) is 24.6 Å². The molecule has 0 unspecified atom stereocenters. The van der Waals surface area contributed by atoms with Crippen molar-refractivity contribution in [1.29, 1.82) is 0 Å². The molecule has 11 heteroatoms. The number of ether oxygens (including phenoxy) is 2. The molecule has 0 spiro atoms. The SMILES string of the molecule is COc1ccc(N2CCN(C(=O)c3coc(CSc4nnc(Cc5ccccc5)n4-c4ccc(OC)cc4)n3)CC2)cc1. The van der Waals surface area contributed by atoms with Gasteiger partial charge in [-0.2, -0.15) is 0 Å². The molecule has 0 bridgehead atoms. The average molecular weight is 597 g/mol. The summed E-state index contributed by atoms with van der Waals surface area (Å²) < 4.78 is 18.3. The van der Waals surface area contributed by atoms with Crippen LogP contribution in [-0.2, 0) is 12.2 Å². The first kappa shape index (κ1) is 28.4. The van der Waals surface area contributed by atoms with E-state index in [9.17, 15) is 4.79 Å². The molecule has 1 aliphatic rings. The largest absolute Gasteiger partial charge is 0.497 e. The number of thioether (sulfide) groups is 1. The lowest BCUT2D eigenvalue weighted by molar-refractivity contribution is 0.0740. The molecule has 6 rings (SSSR count). The number of oxazole rings is 1. The second-order valence-electron chi connectivity index (χ2n) is 9.99. The van der Waals surface area contributed by atoms with E-state index >= 15 is 0 Å². The van der Waals surface area contributed by atoms with E-state index in [0.29, 0.717) is 42.0 Å². The van der Waals surface area contributed by atoms with Gasteiger partial charge in [0, 0.05) is 44.0 Å². The fraction of sp³-hybridized carbons (Fsp3) is 0.250. The maximum atomic E-state index is 13.2. The topological polar surface area (TPSA) is 98.8 Å². The molecule has 10 nitrogen and oxygen atoms in total. The van der Waals surface area contributed by atoms with Crippen LogP contribution < -0.4 is 14.4 Å². The Morgan fingerprint density at radius 3 is 2.14 bits per heavy atom. The van der Waals surface area contributed by atoms with E-state index < -0.39 is 0 Å². The van der Waals surface area contributed by atoms with E-state index in [2.05, 4.69) is 32.2 Å². The van der Waals surface area contributed by atoms with Crippen LogP contribution in [0, 0.1) is 0 Å². The third-order valence-electron chi connectivity index (χ3n) is 7.34. The van der Waals surface area contributed by atoms with Gasteiger partial charge in [0.05, 0.1) is 20.0 Å². The van der Waals surface area contributed by atoms with Gasteiger partial charge in [0.2, 0.25) is 5.89 Å². The minimum Gasteiger partial charge on any atom is -0.497 e. The first-order chi connectivity index (χ1) is 21.1. The number of hydrogen-bond donors (Lipinski definition) is 0. The van der Waals surface area contributed by atoms with Crippen LogP contribution in [0.4, 0.5) is 5.69 Å². The number of amides is 1. The zero-order valence-corrected chi connectivity index (χ0v) is 24.9. The summed E-state index contributed by atoms with van der Waals surface area (Å²) in [6, 6.07) is 26.0. The smallest absolute Gasteiger partial charge is 0.275 e. The Kier molecular flexibility index (Phi) is 8.60. The van der Waals surface area contributed by atoms with Crippen molar-refractivity contribution in [3.63, 3.8) is 0 Å². The number of benzene rings is 3. The zero-order chi connectivity index (χ0) is 29.6. The van der Waals surface area contributed by atoms with Gasteiger partial charge in [-0.05, 0) is 54.1 Å². The van der Waals surface area contributed by atoms with Crippen molar-refractivity contribution in [2.24, 2.45) is 0 Å². The van der Waals surface area contributed by atoms with Crippen LogP contribution in [-0.4, -0.2) is 71.0 Å². The maximum Gasteiger partial charge on any atom is 0.275 e. The Morgan fingerprint density at radius 1 is 0.837 bits per heavy atom. The van der Waals surface area contributed by atoms with Gasteiger partial charge in [-0.15, -0.1) is 10.2 Å². The van der Waals surface area contributed by atoms with Gasteiger partial charge < -0.3 is 23.7 Å². The van der Waals surface area contributed by atoms with Gasteiger partial charge in [-0.3, -0.25) is 9.36 Å². The Balaban J connectivity index is 1.11. The lowest BCUT2D eigenvalue weighted by Crippen LogP contribution is -2.48. The van der Waals surface area contributed by atoms with Crippen molar-refractivity contribution in [2.45, 2.75) is 17.3 Å². The highest BCUT2D eigenvalue weighted by atomic mass is 32.2. The molecule has 1 fully saturated rings. The van der Waals surface area contributed by atoms with E-state index in [1.165, 1.54) is 18.0 Å². The first-order valence-electron chi connectivity index (χ1n) is 14.0. The zero-order valence-electron chi connectivity index (χ0n) is 24.1. The number of piperazine rings is 1. The predicted molar refractivity (Wildman–Crippen MR) is 164 cm³/mol. The number of rotatable bonds is 10. The molecule has 0 N–H and O–H groups in total. The van der Waals surface area contributed by atoms with Gasteiger partial charge in [0.25, 0.3) is 5.91 Å². The number of carbonyl (C=O) groups is 1. The van der Waals surface area contributed by atoms with E-state index in [4.69, 9.17) is 13.9 Å². The predicted octanol–water partition coefficient (Wildman–Crippen LogP) is 5.12. The van der Waals surface area contributed by atoms with Gasteiger partial charge in [0.1, 0.15) is 23.6 Å². The van der Waals surface area contributed by atoms with Crippen LogP contribution in [0.25, 0.3) is 5.69 Å². The molecule has 2 aromatic heterocycles. The van der Waals surface area contributed by atoms with Crippen LogP contribution in [0.2, 0.25) is 0 Å². The molecule has 1 saturated heterocycles. The Bertz CT molecular complexity index is 1650.